The number of carbonyl (C=O) groups is 1. The first kappa shape index (κ1) is 32.3. The maximum absolute atomic E-state index is 12.5. The van der Waals surface area contributed by atoms with Crippen molar-refractivity contribution in [3.05, 3.63) is 59.7 Å². The lowest BCUT2D eigenvalue weighted by molar-refractivity contribution is -0.237. The summed E-state index contributed by atoms with van der Waals surface area (Å²) in [6.45, 7) is 9.42. The van der Waals surface area contributed by atoms with Crippen molar-refractivity contribution in [3.63, 3.8) is 0 Å². The van der Waals surface area contributed by atoms with Crippen molar-refractivity contribution in [1.82, 2.24) is 0 Å². The summed E-state index contributed by atoms with van der Waals surface area (Å²) in [5, 5.41) is 0. The molecule has 0 saturated carbocycles. The van der Waals surface area contributed by atoms with E-state index in [4.69, 9.17) is 14.2 Å². The Balaban J connectivity index is 1.41. The van der Waals surface area contributed by atoms with Gasteiger partial charge in [-0.15, -0.1) is 0 Å². The number of unbranched alkanes of at least 4 members (excludes halogenated alkanes) is 10. The Bertz CT molecular complexity index is 952. The van der Waals surface area contributed by atoms with Crippen molar-refractivity contribution in [2.75, 3.05) is 6.61 Å². The van der Waals surface area contributed by atoms with Gasteiger partial charge in [-0.2, -0.15) is 0 Å². The predicted octanol–water partition coefficient (Wildman–Crippen LogP) is 10.5. The summed E-state index contributed by atoms with van der Waals surface area (Å²) in [5.41, 5.74) is 3.82. The third-order valence-corrected chi connectivity index (χ3v) is 8.30. The molecule has 4 atom stereocenters. The summed E-state index contributed by atoms with van der Waals surface area (Å²) in [6.07, 6.45) is 17.5. The molecule has 0 aromatic heterocycles. The summed E-state index contributed by atoms with van der Waals surface area (Å²) in [5.74, 6) is 0.233. The topological polar surface area (TPSA) is 44.8 Å². The summed E-state index contributed by atoms with van der Waals surface area (Å²) >= 11 is 0. The molecule has 0 unspecified atom stereocenters. The monoisotopic (exact) mass is 550 g/mol. The first-order valence-electron chi connectivity index (χ1n) is 16.2. The third kappa shape index (κ3) is 11.0. The van der Waals surface area contributed by atoms with Crippen LogP contribution in [-0.4, -0.2) is 24.8 Å². The minimum Gasteiger partial charge on any atom is -0.459 e. The first-order valence-corrected chi connectivity index (χ1v) is 16.2. The van der Waals surface area contributed by atoms with Crippen LogP contribution in [0.1, 0.15) is 140 Å². The SMILES string of the molecule is CCCCCCCCCC[C@H]1CO[C@H](c2ccc(-c3ccc(C(=O)O[C@H](C)CCCCCC)cc3)cc2)O[C@@H]1C. The molecular formula is C36H54O4. The lowest BCUT2D eigenvalue weighted by Crippen LogP contribution is -2.34. The van der Waals surface area contributed by atoms with E-state index in [1.165, 1.54) is 77.0 Å². The van der Waals surface area contributed by atoms with E-state index in [1.54, 1.807) is 0 Å². The van der Waals surface area contributed by atoms with E-state index >= 15 is 0 Å². The fraction of sp³-hybridized carbons (Fsp3) is 0.639. The number of ether oxygens (including phenoxy) is 3. The molecule has 0 bridgehead atoms. The van der Waals surface area contributed by atoms with Crippen molar-refractivity contribution < 1.29 is 19.0 Å². The molecule has 0 spiro atoms. The fourth-order valence-corrected chi connectivity index (χ4v) is 5.52. The molecule has 0 aliphatic carbocycles. The Morgan fingerprint density at radius 1 is 0.800 bits per heavy atom. The van der Waals surface area contributed by atoms with Crippen molar-refractivity contribution >= 4 is 5.97 Å². The van der Waals surface area contributed by atoms with Gasteiger partial charge in [-0.25, -0.2) is 4.79 Å². The Morgan fingerprint density at radius 3 is 1.95 bits per heavy atom. The molecule has 2 aromatic rings. The van der Waals surface area contributed by atoms with Crippen LogP contribution in [0.4, 0.5) is 0 Å². The largest absolute Gasteiger partial charge is 0.459 e. The third-order valence-electron chi connectivity index (χ3n) is 8.30. The van der Waals surface area contributed by atoms with Crippen molar-refractivity contribution in [1.29, 1.82) is 0 Å². The van der Waals surface area contributed by atoms with E-state index in [0.29, 0.717) is 11.5 Å². The summed E-state index contributed by atoms with van der Waals surface area (Å²) in [7, 11) is 0. The molecule has 4 heteroatoms. The molecule has 2 aromatic carbocycles. The van der Waals surface area contributed by atoms with E-state index in [-0.39, 0.29) is 24.5 Å². The normalized spacial score (nSPS) is 19.9. The van der Waals surface area contributed by atoms with Crippen LogP contribution < -0.4 is 0 Å². The Labute approximate surface area is 244 Å². The lowest BCUT2D eigenvalue weighted by atomic mass is 9.95. The Kier molecular flexibility index (Phi) is 14.8. The highest BCUT2D eigenvalue weighted by Gasteiger charge is 2.29. The molecule has 0 amide bonds. The molecule has 0 N–H and O–H groups in total. The summed E-state index contributed by atoms with van der Waals surface area (Å²) < 4.78 is 18.1. The molecule has 222 valence electrons. The van der Waals surface area contributed by atoms with Crippen LogP contribution in [0.5, 0.6) is 0 Å². The maximum atomic E-state index is 12.5. The highest BCUT2D eigenvalue weighted by atomic mass is 16.7. The van der Waals surface area contributed by atoms with Gasteiger partial charge in [-0.05, 0) is 56.4 Å². The summed E-state index contributed by atoms with van der Waals surface area (Å²) in [4.78, 5) is 12.5. The maximum Gasteiger partial charge on any atom is 0.338 e. The second-order valence-electron chi connectivity index (χ2n) is 11.8. The van der Waals surface area contributed by atoms with Crippen LogP contribution in [0.15, 0.2) is 48.5 Å². The highest BCUT2D eigenvalue weighted by Crippen LogP contribution is 2.33. The number of carbonyl (C=O) groups excluding carboxylic acids is 1. The second-order valence-corrected chi connectivity index (χ2v) is 11.8. The van der Waals surface area contributed by atoms with Gasteiger partial charge in [0.15, 0.2) is 6.29 Å². The number of hydrogen-bond acceptors (Lipinski definition) is 4. The van der Waals surface area contributed by atoms with E-state index < -0.39 is 0 Å². The van der Waals surface area contributed by atoms with Crippen LogP contribution >= 0.6 is 0 Å². The molecular weight excluding hydrogens is 496 g/mol. The Morgan fingerprint density at radius 2 is 1.35 bits per heavy atom. The van der Waals surface area contributed by atoms with Gasteiger partial charge in [0.25, 0.3) is 0 Å². The van der Waals surface area contributed by atoms with Gasteiger partial charge in [0, 0.05) is 11.5 Å². The Hall–Kier alpha value is -2.17. The van der Waals surface area contributed by atoms with Gasteiger partial charge in [0.2, 0.25) is 0 Å². The first-order chi connectivity index (χ1) is 19.5. The van der Waals surface area contributed by atoms with Crippen molar-refractivity contribution in [3.8, 4) is 11.1 Å². The van der Waals surface area contributed by atoms with Crippen LogP contribution in [0.2, 0.25) is 0 Å². The standard InChI is InChI=1S/C36H54O4/c1-5-7-9-11-12-13-14-16-18-34-27-38-36(40-29(34)4)33-25-21-31(22-26-33)30-19-23-32(24-20-30)35(37)39-28(3)17-15-10-8-6-2/h19-26,28-29,34,36H,5-18,27H2,1-4H3/t28-,29-,34+,36+/m1/s1. The van der Waals surface area contributed by atoms with Gasteiger partial charge >= 0.3 is 5.97 Å². The van der Waals surface area contributed by atoms with Crippen molar-refractivity contribution in [2.24, 2.45) is 5.92 Å². The van der Waals surface area contributed by atoms with Crippen molar-refractivity contribution in [2.45, 2.75) is 136 Å². The zero-order chi connectivity index (χ0) is 28.6. The predicted molar refractivity (Wildman–Crippen MR) is 165 cm³/mol. The van der Waals surface area contributed by atoms with E-state index in [1.807, 2.05) is 31.2 Å². The molecule has 3 rings (SSSR count). The smallest absolute Gasteiger partial charge is 0.338 e. The van der Waals surface area contributed by atoms with E-state index in [0.717, 1.165) is 36.1 Å². The average Bonchev–Trinajstić information content (AvgIpc) is 2.97. The van der Waals surface area contributed by atoms with Gasteiger partial charge in [-0.1, -0.05) is 121 Å². The molecule has 1 fully saturated rings. The van der Waals surface area contributed by atoms with Gasteiger partial charge in [0.1, 0.15) is 0 Å². The fourth-order valence-electron chi connectivity index (χ4n) is 5.52. The lowest BCUT2D eigenvalue weighted by Gasteiger charge is -2.35. The van der Waals surface area contributed by atoms with Crippen LogP contribution in [0, 0.1) is 5.92 Å². The highest BCUT2D eigenvalue weighted by molar-refractivity contribution is 5.90. The molecule has 40 heavy (non-hydrogen) atoms. The van der Waals surface area contributed by atoms with Crippen LogP contribution in [0.25, 0.3) is 11.1 Å². The van der Waals surface area contributed by atoms with Gasteiger partial charge in [-0.3, -0.25) is 0 Å². The zero-order valence-corrected chi connectivity index (χ0v) is 25.7. The number of esters is 1. The average molecular weight is 551 g/mol. The van der Waals surface area contributed by atoms with Crippen LogP contribution in [0.3, 0.4) is 0 Å². The van der Waals surface area contributed by atoms with Crippen LogP contribution in [-0.2, 0) is 14.2 Å². The van der Waals surface area contributed by atoms with Gasteiger partial charge < -0.3 is 14.2 Å². The molecule has 1 aliphatic rings. The number of hydrogen-bond donors (Lipinski definition) is 0. The number of rotatable bonds is 18. The summed E-state index contributed by atoms with van der Waals surface area (Å²) in [6, 6.07) is 16.1. The van der Waals surface area contributed by atoms with E-state index in [9.17, 15) is 4.79 Å². The quantitative estimate of drug-likeness (QED) is 0.137. The molecule has 1 aliphatic heterocycles. The second kappa shape index (κ2) is 18.3. The molecule has 1 saturated heterocycles. The van der Waals surface area contributed by atoms with E-state index in [2.05, 4.69) is 45.0 Å². The molecule has 4 nitrogen and oxygen atoms in total. The molecule has 0 radical (unpaired) electrons. The minimum atomic E-state index is -0.306. The minimum absolute atomic E-state index is 0.0519. The van der Waals surface area contributed by atoms with Gasteiger partial charge in [0.05, 0.1) is 24.4 Å². The molecule has 1 heterocycles. The number of benzene rings is 2. The zero-order valence-electron chi connectivity index (χ0n) is 25.7.